The lowest BCUT2D eigenvalue weighted by Crippen LogP contribution is -2.28. The molecular formula is C16H20O6. The van der Waals surface area contributed by atoms with Crippen molar-refractivity contribution in [3.8, 4) is 0 Å². The number of carbonyl (C=O) groups excluding carboxylic acids is 3. The zero-order valence-corrected chi connectivity index (χ0v) is 12.9. The molecule has 0 aliphatic rings. The van der Waals surface area contributed by atoms with Gasteiger partial charge in [-0.2, -0.15) is 0 Å². The Morgan fingerprint density at radius 2 is 1.41 bits per heavy atom. The van der Waals surface area contributed by atoms with Crippen LogP contribution < -0.4 is 0 Å². The fourth-order valence-corrected chi connectivity index (χ4v) is 2.26. The van der Waals surface area contributed by atoms with E-state index in [9.17, 15) is 14.4 Å². The quantitative estimate of drug-likeness (QED) is 0.563. The van der Waals surface area contributed by atoms with Crippen molar-refractivity contribution in [3.63, 3.8) is 0 Å². The van der Waals surface area contributed by atoms with Crippen molar-refractivity contribution in [1.82, 2.24) is 0 Å². The van der Waals surface area contributed by atoms with Gasteiger partial charge in [0.2, 0.25) is 0 Å². The monoisotopic (exact) mass is 308 g/mol. The summed E-state index contributed by atoms with van der Waals surface area (Å²) in [5.74, 6) is -2.92. The zero-order chi connectivity index (χ0) is 16.5. The summed E-state index contributed by atoms with van der Waals surface area (Å²) >= 11 is 0. The molecule has 6 heteroatoms. The van der Waals surface area contributed by atoms with Gasteiger partial charge in [-0.25, -0.2) is 0 Å². The first kappa shape index (κ1) is 17.7. The minimum Gasteiger partial charge on any atom is -0.469 e. The Hall–Kier alpha value is -2.37. The summed E-state index contributed by atoms with van der Waals surface area (Å²) in [6, 6.07) is 9.01. The van der Waals surface area contributed by atoms with Crippen LogP contribution >= 0.6 is 0 Å². The molecule has 2 unspecified atom stereocenters. The van der Waals surface area contributed by atoms with Gasteiger partial charge >= 0.3 is 17.9 Å². The van der Waals surface area contributed by atoms with Crippen LogP contribution in [0.1, 0.15) is 24.3 Å². The van der Waals surface area contributed by atoms with Crippen molar-refractivity contribution in [2.45, 2.75) is 18.8 Å². The molecule has 1 aromatic carbocycles. The van der Waals surface area contributed by atoms with Gasteiger partial charge < -0.3 is 14.2 Å². The maximum Gasteiger partial charge on any atom is 0.309 e. The maximum absolute atomic E-state index is 12.1. The highest BCUT2D eigenvalue weighted by atomic mass is 16.5. The SMILES string of the molecule is COC(=O)CC(C(=O)OC)C(CC(=O)OC)c1ccccc1. The minimum atomic E-state index is -0.820. The van der Waals surface area contributed by atoms with Crippen LogP contribution in [0, 0.1) is 5.92 Å². The van der Waals surface area contributed by atoms with Crippen LogP contribution in [-0.2, 0) is 28.6 Å². The summed E-state index contributed by atoms with van der Waals surface area (Å²) in [5.41, 5.74) is 0.757. The molecular weight excluding hydrogens is 288 g/mol. The van der Waals surface area contributed by atoms with E-state index in [4.69, 9.17) is 4.74 Å². The van der Waals surface area contributed by atoms with Crippen LogP contribution in [0.25, 0.3) is 0 Å². The number of methoxy groups -OCH3 is 3. The first-order valence-electron chi connectivity index (χ1n) is 6.79. The lowest BCUT2D eigenvalue weighted by atomic mass is 9.81. The number of rotatable bonds is 7. The summed E-state index contributed by atoms with van der Waals surface area (Å²) in [6.07, 6.45) is -0.197. The van der Waals surface area contributed by atoms with E-state index >= 15 is 0 Å². The van der Waals surface area contributed by atoms with Gasteiger partial charge in [-0.05, 0) is 5.56 Å². The van der Waals surface area contributed by atoms with E-state index in [2.05, 4.69) is 9.47 Å². The molecule has 0 saturated carbocycles. The van der Waals surface area contributed by atoms with Gasteiger partial charge in [-0.1, -0.05) is 30.3 Å². The molecule has 0 aliphatic heterocycles. The van der Waals surface area contributed by atoms with E-state index in [1.54, 1.807) is 24.3 Å². The molecule has 0 saturated heterocycles. The van der Waals surface area contributed by atoms with Crippen LogP contribution in [0.15, 0.2) is 30.3 Å². The second-order valence-electron chi connectivity index (χ2n) is 4.71. The molecule has 1 rings (SSSR count). The summed E-state index contributed by atoms with van der Waals surface area (Å²) in [6.45, 7) is 0. The average Bonchev–Trinajstić information content (AvgIpc) is 2.57. The molecule has 0 amide bonds. The van der Waals surface area contributed by atoms with Crippen LogP contribution in [0.4, 0.5) is 0 Å². The molecule has 0 heterocycles. The van der Waals surface area contributed by atoms with Crippen molar-refractivity contribution in [1.29, 1.82) is 0 Å². The topological polar surface area (TPSA) is 78.9 Å². The second kappa shape index (κ2) is 8.81. The van der Waals surface area contributed by atoms with Crippen molar-refractivity contribution in [2.75, 3.05) is 21.3 Å². The highest BCUT2D eigenvalue weighted by molar-refractivity contribution is 5.82. The van der Waals surface area contributed by atoms with Gasteiger partial charge in [0, 0.05) is 5.92 Å². The van der Waals surface area contributed by atoms with Gasteiger partial charge in [0.05, 0.1) is 40.1 Å². The van der Waals surface area contributed by atoms with Gasteiger partial charge in [-0.3, -0.25) is 14.4 Å². The predicted octanol–water partition coefficient (Wildman–Crippen LogP) is 1.69. The Morgan fingerprint density at radius 3 is 1.91 bits per heavy atom. The van der Waals surface area contributed by atoms with Gasteiger partial charge in [0.25, 0.3) is 0 Å². The summed E-state index contributed by atoms with van der Waals surface area (Å²) in [7, 11) is 3.76. The third-order valence-electron chi connectivity index (χ3n) is 3.45. The number of ether oxygens (including phenoxy) is 3. The molecule has 0 aromatic heterocycles. The smallest absolute Gasteiger partial charge is 0.309 e. The van der Waals surface area contributed by atoms with Crippen LogP contribution in [0.3, 0.4) is 0 Å². The fourth-order valence-electron chi connectivity index (χ4n) is 2.26. The van der Waals surface area contributed by atoms with Crippen molar-refractivity contribution in [2.24, 2.45) is 5.92 Å². The molecule has 0 fully saturated rings. The molecule has 0 bridgehead atoms. The van der Waals surface area contributed by atoms with E-state index < -0.39 is 29.7 Å². The van der Waals surface area contributed by atoms with Crippen molar-refractivity contribution >= 4 is 17.9 Å². The summed E-state index contributed by atoms with van der Waals surface area (Å²) in [5, 5.41) is 0. The molecule has 0 N–H and O–H groups in total. The fraction of sp³-hybridized carbons (Fsp3) is 0.438. The van der Waals surface area contributed by atoms with Crippen LogP contribution in [-0.4, -0.2) is 39.2 Å². The molecule has 0 spiro atoms. The highest BCUT2D eigenvalue weighted by Gasteiger charge is 2.34. The highest BCUT2D eigenvalue weighted by Crippen LogP contribution is 2.32. The Balaban J connectivity index is 3.14. The first-order chi connectivity index (χ1) is 10.5. The van der Waals surface area contributed by atoms with E-state index in [-0.39, 0.29) is 12.8 Å². The Labute approximate surface area is 129 Å². The van der Waals surface area contributed by atoms with Crippen molar-refractivity contribution in [3.05, 3.63) is 35.9 Å². The van der Waals surface area contributed by atoms with Crippen LogP contribution in [0.5, 0.6) is 0 Å². The predicted molar refractivity (Wildman–Crippen MR) is 78.0 cm³/mol. The number of esters is 3. The summed E-state index contributed by atoms with van der Waals surface area (Å²) < 4.78 is 14.1. The molecule has 0 aliphatic carbocycles. The standard InChI is InChI=1S/C16H20O6/c1-20-14(17)9-12(11-7-5-4-6-8-11)13(16(19)22-3)10-15(18)21-2/h4-8,12-13H,9-10H2,1-3H3. The Kier molecular flexibility index (Phi) is 7.08. The Bertz CT molecular complexity index is 511. The minimum absolute atomic E-state index is 0.0305. The lowest BCUT2D eigenvalue weighted by Gasteiger charge is -2.24. The van der Waals surface area contributed by atoms with Gasteiger partial charge in [0.15, 0.2) is 0 Å². The first-order valence-corrected chi connectivity index (χ1v) is 6.79. The molecule has 22 heavy (non-hydrogen) atoms. The third-order valence-corrected chi connectivity index (χ3v) is 3.45. The molecule has 2 atom stereocenters. The van der Waals surface area contributed by atoms with E-state index in [0.717, 1.165) is 5.56 Å². The average molecular weight is 308 g/mol. The molecule has 120 valence electrons. The van der Waals surface area contributed by atoms with E-state index in [1.807, 2.05) is 6.07 Å². The van der Waals surface area contributed by atoms with Gasteiger partial charge in [0.1, 0.15) is 0 Å². The van der Waals surface area contributed by atoms with E-state index in [0.29, 0.717) is 0 Å². The third kappa shape index (κ3) is 4.87. The van der Waals surface area contributed by atoms with Gasteiger partial charge in [-0.15, -0.1) is 0 Å². The molecule has 6 nitrogen and oxygen atoms in total. The maximum atomic E-state index is 12.1. The Morgan fingerprint density at radius 1 is 0.864 bits per heavy atom. The number of carbonyl (C=O) groups is 3. The second-order valence-corrected chi connectivity index (χ2v) is 4.71. The number of hydrogen-bond donors (Lipinski definition) is 0. The summed E-state index contributed by atoms with van der Waals surface area (Å²) in [4.78, 5) is 35.3. The molecule has 1 aromatic rings. The van der Waals surface area contributed by atoms with Crippen molar-refractivity contribution < 1.29 is 28.6 Å². The number of hydrogen-bond acceptors (Lipinski definition) is 6. The normalized spacial score (nSPS) is 12.9. The zero-order valence-electron chi connectivity index (χ0n) is 12.9. The number of benzene rings is 1. The molecule has 0 radical (unpaired) electrons. The van der Waals surface area contributed by atoms with E-state index in [1.165, 1.54) is 21.3 Å². The largest absolute Gasteiger partial charge is 0.469 e. The lowest BCUT2D eigenvalue weighted by molar-refractivity contribution is -0.154. The van der Waals surface area contributed by atoms with Crippen LogP contribution in [0.2, 0.25) is 0 Å².